The van der Waals surface area contributed by atoms with Crippen LogP contribution in [-0.2, 0) is 33.6 Å². The minimum absolute atomic E-state index is 0.149. The van der Waals surface area contributed by atoms with Gasteiger partial charge in [-0.15, -0.1) is 0 Å². The monoisotopic (exact) mass is 714 g/mol. The Labute approximate surface area is 300 Å². The van der Waals surface area contributed by atoms with E-state index in [9.17, 15) is 32.7 Å². The second kappa shape index (κ2) is 15.9. The molecule has 272 valence electrons. The van der Waals surface area contributed by atoms with Gasteiger partial charge in [-0.2, -0.15) is 13.2 Å². The van der Waals surface area contributed by atoms with Crippen LogP contribution in [0.1, 0.15) is 78.4 Å². The number of rotatable bonds is 12. The average molecular weight is 715 g/mol. The van der Waals surface area contributed by atoms with Crippen molar-refractivity contribution < 1.29 is 42.1 Å². The standard InChI is InChI=1S/C41H41F3N2O6/c1-51-36-18-11-27(21-34(36)41(42,43)44)25-52-32-17-16-30-19-20-46(37(47)22-26-7-5-6-8-26)39(33(30)23-32)40(50)45-35(24-38(48)49)31-14-12-29(13-15-31)28-9-3-2-4-10-28/h2-4,9-18,21,23,26,35,39H,5-8,19-20,22,24-25H2,1H3,(H,45,50)(H,48,49). The molecule has 0 radical (unpaired) electrons. The number of ether oxygens (including phenoxy) is 2. The molecule has 2 atom stereocenters. The third-order valence-corrected chi connectivity index (χ3v) is 9.94. The molecule has 4 aromatic rings. The van der Waals surface area contributed by atoms with Crippen molar-refractivity contribution in [1.82, 2.24) is 10.2 Å². The molecule has 2 aliphatic rings. The number of carboxylic acids is 1. The van der Waals surface area contributed by atoms with Gasteiger partial charge < -0.3 is 24.8 Å². The van der Waals surface area contributed by atoms with Crippen molar-refractivity contribution in [3.63, 3.8) is 0 Å². The molecule has 2 unspecified atom stereocenters. The summed E-state index contributed by atoms with van der Waals surface area (Å²) in [6, 6.07) is 24.0. The number of aliphatic carboxylic acids is 1. The Morgan fingerprint density at radius 2 is 1.63 bits per heavy atom. The van der Waals surface area contributed by atoms with E-state index in [1.807, 2.05) is 42.5 Å². The van der Waals surface area contributed by atoms with Gasteiger partial charge >= 0.3 is 12.1 Å². The van der Waals surface area contributed by atoms with Gasteiger partial charge in [-0.3, -0.25) is 14.4 Å². The summed E-state index contributed by atoms with van der Waals surface area (Å²) in [7, 11) is 1.17. The summed E-state index contributed by atoms with van der Waals surface area (Å²) in [4.78, 5) is 41.9. The molecule has 0 saturated heterocycles. The fourth-order valence-corrected chi connectivity index (χ4v) is 7.26. The van der Waals surface area contributed by atoms with Crippen LogP contribution in [0.2, 0.25) is 0 Å². The first kappa shape index (κ1) is 36.5. The number of benzene rings is 4. The number of nitrogens with zero attached hydrogens (tertiary/aromatic N) is 1. The molecule has 6 rings (SSSR count). The van der Waals surface area contributed by atoms with Crippen LogP contribution in [0.25, 0.3) is 11.1 Å². The largest absolute Gasteiger partial charge is 0.496 e. The first-order chi connectivity index (χ1) is 25.0. The lowest BCUT2D eigenvalue weighted by Crippen LogP contribution is -2.48. The third-order valence-electron chi connectivity index (χ3n) is 9.94. The zero-order valence-electron chi connectivity index (χ0n) is 28.8. The number of amides is 2. The van der Waals surface area contributed by atoms with Crippen LogP contribution in [-0.4, -0.2) is 41.4 Å². The van der Waals surface area contributed by atoms with Crippen molar-refractivity contribution in [2.24, 2.45) is 5.92 Å². The van der Waals surface area contributed by atoms with Crippen molar-refractivity contribution >= 4 is 17.8 Å². The van der Waals surface area contributed by atoms with E-state index in [0.717, 1.165) is 48.4 Å². The van der Waals surface area contributed by atoms with Gasteiger partial charge in [-0.25, -0.2) is 0 Å². The Morgan fingerprint density at radius 3 is 2.31 bits per heavy atom. The predicted molar refractivity (Wildman–Crippen MR) is 189 cm³/mol. The van der Waals surface area contributed by atoms with Crippen LogP contribution < -0.4 is 14.8 Å². The van der Waals surface area contributed by atoms with Crippen molar-refractivity contribution in [2.75, 3.05) is 13.7 Å². The van der Waals surface area contributed by atoms with Crippen molar-refractivity contribution in [2.45, 2.75) is 69.8 Å². The second-order valence-corrected chi connectivity index (χ2v) is 13.4. The van der Waals surface area contributed by atoms with Crippen LogP contribution in [0.3, 0.4) is 0 Å². The molecule has 1 aliphatic carbocycles. The predicted octanol–water partition coefficient (Wildman–Crippen LogP) is 8.30. The fourth-order valence-electron chi connectivity index (χ4n) is 7.26. The Bertz CT molecular complexity index is 1890. The Hall–Kier alpha value is -5.32. The molecule has 11 heteroatoms. The maximum absolute atomic E-state index is 14.4. The summed E-state index contributed by atoms with van der Waals surface area (Å²) in [5.74, 6) is -1.52. The first-order valence-electron chi connectivity index (χ1n) is 17.5. The van der Waals surface area contributed by atoms with Crippen molar-refractivity contribution in [3.05, 3.63) is 119 Å². The Morgan fingerprint density at radius 1 is 0.923 bits per heavy atom. The highest BCUT2D eigenvalue weighted by atomic mass is 19.4. The SMILES string of the molecule is COc1ccc(COc2ccc3c(c2)C(C(=O)NC(CC(=O)O)c2ccc(-c4ccccc4)cc2)N(C(=O)CC2CCCC2)CC3)cc1C(F)(F)F. The lowest BCUT2D eigenvalue weighted by atomic mass is 9.90. The van der Waals surface area contributed by atoms with Gasteiger partial charge in [0.2, 0.25) is 11.8 Å². The number of alkyl halides is 3. The summed E-state index contributed by atoms with van der Waals surface area (Å²) in [6.07, 6.45) is -0.176. The van der Waals surface area contributed by atoms with Crippen LogP contribution in [0.15, 0.2) is 91.0 Å². The summed E-state index contributed by atoms with van der Waals surface area (Å²) in [6.45, 7) is 0.116. The zero-order valence-corrected chi connectivity index (χ0v) is 28.8. The summed E-state index contributed by atoms with van der Waals surface area (Å²) >= 11 is 0. The van der Waals surface area contributed by atoms with Gasteiger partial charge in [0.25, 0.3) is 0 Å². The minimum Gasteiger partial charge on any atom is -0.496 e. The van der Waals surface area contributed by atoms with Crippen molar-refractivity contribution in [1.29, 1.82) is 0 Å². The smallest absolute Gasteiger partial charge is 0.419 e. The fraction of sp³-hybridized carbons (Fsp3) is 0.341. The van der Waals surface area contributed by atoms with Gasteiger partial charge in [-0.05, 0) is 82.8 Å². The number of carboxylic acid groups (broad SMARTS) is 1. The average Bonchev–Trinajstić information content (AvgIpc) is 3.66. The number of methoxy groups -OCH3 is 1. The second-order valence-electron chi connectivity index (χ2n) is 13.4. The van der Waals surface area contributed by atoms with E-state index in [0.29, 0.717) is 36.3 Å². The summed E-state index contributed by atoms with van der Waals surface area (Å²) in [5.41, 5.74) is 3.23. The molecule has 52 heavy (non-hydrogen) atoms. The van der Waals surface area contributed by atoms with Crippen LogP contribution in [0, 0.1) is 5.92 Å². The molecule has 0 aromatic heterocycles. The topological polar surface area (TPSA) is 105 Å². The lowest BCUT2D eigenvalue weighted by molar-refractivity contribution is -0.143. The number of hydrogen-bond donors (Lipinski definition) is 2. The quantitative estimate of drug-likeness (QED) is 0.153. The molecule has 2 N–H and O–H groups in total. The Kier molecular flexibility index (Phi) is 11.2. The molecule has 4 aromatic carbocycles. The first-order valence-corrected chi connectivity index (χ1v) is 17.5. The van der Waals surface area contributed by atoms with Crippen molar-refractivity contribution in [3.8, 4) is 22.6 Å². The molecule has 2 amide bonds. The number of carbonyl (C=O) groups excluding carboxylic acids is 2. The van der Waals surface area contributed by atoms with Crippen LogP contribution in [0.4, 0.5) is 13.2 Å². The van der Waals surface area contributed by atoms with Gasteiger partial charge in [-0.1, -0.05) is 79.6 Å². The maximum Gasteiger partial charge on any atom is 0.419 e. The molecule has 0 bridgehead atoms. The van der Waals surface area contributed by atoms with Gasteiger partial charge in [0.15, 0.2) is 0 Å². The van der Waals surface area contributed by atoms with E-state index >= 15 is 0 Å². The molecule has 8 nitrogen and oxygen atoms in total. The van der Waals surface area contributed by atoms with E-state index in [4.69, 9.17) is 9.47 Å². The number of nitrogens with one attached hydrogen (secondary N) is 1. The summed E-state index contributed by atoms with van der Waals surface area (Å²) in [5, 5.41) is 12.8. The highest BCUT2D eigenvalue weighted by Crippen LogP contribution is 2.38. The molecular weight excluding hydrogens is 673 g/mol. The van der Waals surface area contributed by atoms with Crippen LogP contribution in [0.5, 0.6) is 11.5 Å². The van der Waals surface area contributed by atoms with Gasteiger partial charge in [0, 0.05) is 13.0 Å². The highest BCUT2D eigenvalue weighted by Gasteiger charge is 2.38. The number of hydrogen-bond acceptors (Lipinski definition) is 5. The minimum atomic E-state index is -4.62. The molecular formula is C41H41F3N2O6. The van der Waals surface area contributed by atoms with Gasteiger partial charge in [0.1, 0.15) is 24.1 Å². The summed E-state index contributed by atoms with van der Waals surface area (Å²) < 4.78 is 51.8. The molecule has 1 saturated carbocycles. The Balaban J connectivity index is 1.28. The molecule has 1 heterocycles. The number of carbonyl (C=O) groups is 3. The van der Waals surface area contributed by atoms with E-state index in [-0.39, 0.29) is 36.2 Å². The van der Waals surface area contributed by atoms with Gasteiger partial charge in [0.05, 0.1) is 25.1 Å². The van der Waals surface area contributed by atoms with Crippen LogP contribution >= 0.6 is 0 Å². The maximum atomic E-state index is 14.4. The number of fused-ring (bicyclic) bond motifs is 1. The van der Waals surface area contributed by atoms with E-state index in [1.54, 1.807) is 35.2 Å². The zero-order chi connectivity index (χ0) is 36.8. The highest BCUT2D eigenvalue weighted by molar-refractivity contribution is 5.90. The molecule has 1 fully saturated rings. The number of halogens is 3. The van der Waals surface area contributed by atoms with E-state index in [1.165, 1.54) is 19.2 Å². The normalized spacial score (nSPS) is 16.5. The lowest BCUT2D eigenvalue weighted by Gasteiger charge is -2.38. The van der Waals surface area contributed by atoms with E-state index < -0.39 is 35.7 Å². The molecule has 0 spiro atoms. The third kappa shape index (κ3) is 8.58. The molecule has 1 aliphatic heterocycles. The van der Waals surface area contributed by atoms with E-state index in [2.05, 4.69) is 5.32 Å².